The van der Waals surface area contributed by atoms with Crippen molar-refractivity contribution >= 4 is 0 Å². The molecule has 0 rings (SSSR count). The van der Waals surface area contributed by atoms with Gasteiger partial charge in [-0.15, -0.1) is 6.58 Å². The van der Waals surface area contributed by atoms with Crippen LogP contribution in [0.2, 0.25) is 0 Å². The monoisotopic (exact) mass is 190 g/mol. The van der Waals surface area contributed by atoms with Gasteiger partial charge in [0.25, 0.3) is 0 Å². The first-order valence-corrected chi connectivity index (χ1v) is 4.25. The minimum absolute atomic E-state index is 0.0142. The SMILES string of the molecule is C=CC[C@H](CO)OCOCCOC. The summed E-state index contributed by atoms with van der Waals surface area (Å²) in [6.45, 7) is 4.78. The topological polar surface area (TPSA) is 47.9 Å². The molecule has 0 aromatic rings. The van der Waals surface area contributed by atoms with Crippen LogP contribution in [0.5, 0.6) is 0 Å². The number of hydrogen-bond acceptors (Lipinski definition) is 4. The fourth-order valence-electron chi connectivity index (χ4n) is 0.727. The molecule has 0 aromatic heterocycles. The van der Waals surface area contributed by atoms with Crippen LogP contribution in [-0.4, -0.2) is 44.9 Å². The molecular formula is C9H18O4. The largest absolute Gasteiger partial charge is 0.394 e. The van der Waals surface area contributed by atoms with Gasteiger partial charge in [-0.1, -0.05) is 6.08 Å². The van der Waals surface area contributed by atoms with Gasteiger partial charge >= 0.3 is 0 Å². The molecule has 0 aliphatic carbocycles. The van der Waals surface area contributed by atoms with Crippen molar-refractivity contribution in [3.05, 3.63) is 12.7 Å². The lowest BCUT2D eigenvalue weighted by Crippen LogP contribution is -2.19. The van der Waals surface area contributed by atoms with Crippen molar-refractivity contribution < 1.29 is 19.3 Å². The molecule has 0 bridgehead atoms. The van der Waals surface area contributed by atoms with E-state index in [2.05, 4.69) is 6.58 Å². The molecule has 1 atom stereocenters. The maximum Gasteiger partial charge on any atom is 0.147 e. The molecule has 0 fully saturated rings. The summed E-state index contributed by atoms with van der Waals surface area (Å²) in [7, 11) is 1.61. The fraction of sp³-hybridized carbons (Fsp3) is 0.778. The van der Waals surface area contributed by atoms with Crippen LogP contribution in [0, 0.1) is 0 Å². The molecule has 1 N–H and O–H groups in total. The van der Waals surface area contributed by atoms with Crippen molar-refractivity contribution in [2.75, 3.05) is 33.7 Å². The second kappa shape index (κ2) is 9.67. The Morgan fingerprint density at radius 2 is 2.23 bits per heavy atom. The quantitative estimate of drug-likeness (QED) is 0.328. The summed E-state index contributed by atoms with van der Waals surface area (Å²) < 4.78 is 15.0. The summed E-state index contributed by atoms with van der Waals surface area (Å²) in [6, 6.07) is 0. The maximum absolute atomic E-state index is 8.81. The molecule has 13 heavy (non-hydrogen) atoms. The summed E-state index contributed by atoms with van der Waals surface area (Å²) in [5.74, 6) is 0. The summed E-state index contributed by atoms with van der Waals surface area (Å²) in [6.07, 6.45) is 2.13. The number of hydrogen-bond donors (Lipinski definition) is 1. The van der Waals surface area contributed by atoms with Gasteiger partial charge in [0.2, 0.25) is 0 Å². The number of aliphatic hydroxyl groups excluding tert-OH is 1. The van der Waals surface area contributed by atoms with Crippen LogP contribution in [-0.2, 0) is 14.2 Å². The normalized spacial score (nSPS) is 12.8. The molecule has 0 unspecified atom stereocenters. The smallest absolute Gasteiger partial charge is 0.147 e. The Morgan fingerprint density at radius 3 is 2.77 bits per heavy atom. The number of aliphatic hydroxyl groups is 1. The zero-order valence-corrected chi connectivity index (χ0v) is 8.07. The molecule has 0 radical (unpaired) electrons. The maximum atomic E-state index is 8.81. The summed E-state index contributed by atoms with van der Waals surface area (Å²) in [5.41, 5.74) is 0. The van der Waals surface area contributed by atoms with E-state index < -0.39 is 0 Å². The van der Waals surface area contributed by atoms with Crippen molar-refractivity contribution in [3.8, 4) is 0 Å². The van der Waals surface area contributed by atoms with Gasteiger partial charge in [-0.05, 0) is 6.42 Å². The van der Waals surface area contributed by atoms with Gasteiger partial charge in [-0.3, -0.25) is 0 Å². The van der Waals surface area contributed by atoms with Gasteiger partial charge in [-0.25, -0.2) is 0 Å². The third kappa shape index (κ3) is 7.93. The highest BCUT2D eigenvalue weighted by atomic mass is 16.7. The standard InChI is InChI=1S/C9H18O4/c1-3-4-9(7-10)13-8-12-6-5-11-2/h3,9-10H,1,4-8H2,2H3/t9-/m1/s1. The second-order valence-electron chi connectivity index (χ2n) is 2.51. The van der Waals surface area contributed by atoms with E-state index in [9.17, 15) is 0 Å². The van der Waals surface area contributed by atoms with E-state index >= 15 is 0 Å². The van der Waals surface area contributed by atoms with Crippen LogP contribution in [0.4, 0.5) is 0 Å². The second-order valence-corrected chi connectivity index (χ2v) is 2.51. The molecule has 0 spiro atoms. The molecule has 0 aliphatic heterocycles. The van der Waals surface area contributed by atoms with Gasteiger partial charge < -0.3 is 19.3 Å². The van der Waals surface area contributed by atoms with Crippen LogP contribution >= 0.6 is 0 Å². The molecule has 0 aliphatic rings. The molecule has 0 saturated heterocycles. The molecule has 4 heteroatoms. The van der Waals surface area contributed by atoms with Gasteiger partial charge in [0.05, 0.1) is 25.9 Å². The third-order valence-corrected chi connectivity index (χ3v) is 1.45. The van der Waals surface area contributed by atoms with Crippen LogP contribution in [0.1, 0.15) is 6.42 Å². The summed E-state index contributed by atoms with van der Waals surface area (Å²) in [5, 5.41) is 8.81. The zero-order chi connectivity index (χ0) is 9.94. The Kier molecular flexibility index (Phi) is 9.35. The Bertz CT molecular complexity index is 116. The van der Waals surface area contributed by atoms with E-state index in [1.54, 1.807) is 13.2 Å². The Balaban J connectivity index is 3.22. The first-order valence-electron chi connectivity index (χ1n) is 4.25. The molecular weight excluding hydrogens is 172 g/mol. The van der Waals surface area contributed by atoms with Crippen molar-refractivity contribution in [3.63, 3.8) is 0 Å². The molecule has 0 aromatic carbocycles. The van der Waals surface area contributed by atoms with Crippen molar-refractivity contribution in [1.29, 1.82) is 0 Å². The summed E-state index contributed by atoms with van der Waals surface area (Å²) >= 11 is 0. The lowest BCUT2D eigenvalue weighted by molar-refractivity contribution is -0.108. The predicted molar refractivity (Wildman–Crippen MR) is 49.5 cm³/mol. The van der Waals surface area contributed by atoms with Crippen molar-refractivity contribution in [1.82, 2.24) is 0 Å². The molecule has 78 valence electrons. The van der Waals surface area contributed by atoms with E-state index in [0.29, 0.717) is 19.6 Å². The minimum Gasteiger partial charge on any atom is -0.394 e. The third-order valence-electron chi connectivity index (χ3n) is 1.45. The Morgan fingerprint density at radius 1 is 1.46 bits per heavy atom. The zero-order valence-electron chi connectivity index (χ0n) is 8.07. The predicted octanol–water partition coefficient (Wildman–Crippen LogP) is 0.560. The highest BCUT2D eigenvalue weighted by Crippen LogP contribution is 1.97. The van der Waals surface area contributed by atoms with Gasteiger partial charge in [0.1, 0.15) is 6.79 Å². The first-order chi connectivity index (χ1) is 6.35. The van der Waals surface area contributed by atoms with E-state index in [-0.39, 0.29) is 19.5 Å². The average molecular weight is 190 g/mol. The minimum atomic E-state index is -0.208. The van der Waals surface area contributed by atoms with Crippen LogP contribution in [0.25, 0.3) is 0 Å². The fourth-order valence-corrected chi connectivity index (χ4v) is 0.727. The molecule has 0 heterocycles. The highest BCUT2D eigenvalue weighted by Gasteiger charge is 2.04. The Hall–Kier alpha value is -0.420. The molecule has 4 nitrogen and oxygen atoms in total. The van der Waals surface area contributed by atoms with Crippen LogP contribution in [0.3, 0.4) is 0 Å². The highest BCUT2D eigenvalue weighted by molar-refractivity contribution is 4.72. The van der Waals surface area contributed by atoms with Crippen molar-refractivity contribution in [2.45, 2.75) is 12.5 Å². The van der Waals surface area contributed by atoms with E-state index in [1.165, 1.54) is 0 Å². The van der Waals surface area contributed by atoms with Crippen molar-refractivity contribution in [2.24, 2.45) is 0 Å². The van der Waals surface area contributed by atoms with E-state index in [4.69, 9.17) is 19.3 Å². The van der Waals surface area contributed by atoms with Gasteiger partial charge in [-0.2, -0.15) is 0 Å². The van der Waals surface area contributed by atoms with Crippen LogP contribution < -0.4 is 0 Å². The Labute approximate surface area is 79.1 Å². The molecule has 0 amide bonds. The number of ether oxygens (including phenoxy) is 3. The molecule has 0 saturated carbocycles. The lowest BCUT2D eigenvalue weighted by Gasteiger charge is -2.13. The lowest BCUT2D eigenvalue weighted by atomic mass is 10.3. The van der Waals surface area contributed by atoms with Crippen LogP contribution in [0.15, 0.2) is 12.7 Å². The first kappa shape index (κ1) is 12.6. The number of rotatable bonds is 9. The number of methoxy groups -OCH3 is 1. The summed E-state index contributed by atoms with van der Waals surface area (Å²) in [4.78, 5) is 0. The van der Waals surface area contributed by atoms with Gasteiger partial charge in [0.15, 0.2) is 0 Å². The van der Waals surface area contributed by atoms with Gasteiger partial charge in [0, 0.05) is 7.11 Å². The van der Waals surface area contributed by atoms with E-state index in [0.717, 1.165) is 0 Å². The van der Waals surface area contributed by atoms with E-state index in [1.807, 2.05) is 0 Å². The average Bonchev–Trinajstić information content (AvgIpc) is 2.16.